The smallest absolute Gasteiger partial charge is 0.207 e. The van der Waals surface area contributed by atoms with Crippen LogP contribution in [0.3, 0.4) is 0 Å². The molecule has 0 amide bonds. The molecule has 0 aliphatic rings. The molecule has 0 atom stereocenters. The Kier molecular flexibility index (Phi) is 2.49. The Labute approximate surface area is 92.7 Å². The lowest BCUT2D eigenvalue weighted by atomic mass is 10.1. The molecular weight excluding hydrogens is 212 g/mol. The molecule has 0 saturated heterocycles. The molecule has 2 aromatic rings. The Morgan fingerprint density at radius 1 is 1.60 bits per heavy atom. The van der Waals surface area contributed by atoms with E-state index in [1.807, 2.05) is 25.3 Å². The molecule has 0 N–H and O–H groups in total. The highest BCUT2D eigenvalue weighted by Gasteiger charge is 2.06. The molecule has 0 fully saturated rings. The summed E-state index contributed by atoms with van der Waals surface area (Å²) in [7, 11) is 0. The molecule has 15 heavy (non-hydrogen) atoms. The van der Waals surface area contributed by atoms with E-state index in [4.69, 9.17) is 11.6 Å². The molecule has 0 unspecified atom stereocenters. The molecule has 2 rings (SSSR count). The molecule has 0 aromatic carbocycles. The van der Waals surface area contributed by atoms with E-state index in [0.717, 1.165) is 16.8 Å². The highest BCUT2D eigenvalue weighted by molar-refractivity contribution is 6.28. The van der Waals surface area contributed by atoms with E-state index in [0.29, 0.717) is 11.7 Å². The van der Waals surface area contributed by atoms with Crippen molar-refractivity contribution in [1.29, 1.82) is 0 Å². The van der Waals surface area contributed by atoms with E-state index in [1.165, 1.54) is 0 Å². The quantitative estimate of drug-likeness (QED) is 0.782. The maximum absolute atomic E-state index is 11.0. The second-order valence-electron chi connectivity index (χ2n) is 3.64. The van der Waals surface area contributed by atoms with Gasteiger partial charge in [0.05, 0.1) is 11.2 Å². The molecule has 0 radical (unpaired) electrons. The van der Waals surface area contributed by atoms with Crippen molar-refractivity contribution in [3.63, 3.8) is 0 Å². The number of hydrogen-bond acceptors (Lipinski definition) is 2. The summed E-state index contributed by atoms with van der Waals surface area (Å²) in [4.78, 5) is 15.1. The first kappa shape index (κ1) is 10.2. The normalized spacial score (nSPS) is 10.9. The van der Waals surface area contributed by atoms with Gasteiger partial charge in [0.25, 0.3) is 0 Å². The number of ketones is 1. The molecule has 2 heterocycles. The number of carbonyl (C=O) groups excluding carboxylic acids is 1. The van der Waals surface area contributed by atoms with Crippen molar-refractivity contribution in [3.05, 3.63) is 34.9 Å². The van der Waals surface area contributed by atoms with E-state index in [-0.39, 0.29) is 5.78 Å². The number of pyridine rings is 1. The maximum Gasteiger partial charge on any atom is 0.207 e. The number of aryl methyl sites for hydroxylation is 1. The van der Waals surface area contributed by atoms with Gasteiger partial charge >= 0.3 is 0 Å². The van der Waals surface area contributed by atoms with E-state index in [2.05, 4.69) is 4.98 Å². The average molecular weight is 223 g/mol. The first-order valence-electron chi connectivity index (χ1n) is 4.70. The van der Waals surface area contributed by atoms with Crippen LogP contribution in [-0.2, 0) is 11.2 Å². The summed E-state index contributed by atoms with van der Waals surface area (Å²) in [5.74, 6) is 0.155. The Morgan fingerprint density at radius 2 is 2.33 bits per heavy atom. The largest absolute Gasteiger partial charge is 0.300 e. The zero-order chi connectivity index (χ0) is 11.0. The highest BCUT2D eigenvalue weighted by atomic mass is 35.5. The van der Waals surface area contributed by atoms with Crippen LogP contribution >= 0.6 is 11.6 Å². The minimum absolute atomic E-state index is 0.155. The van der Waals surface area contributed by atoms with Crippen molar-refractivity contribution in [1.82, 2.24) is 9.38 Å². The Balaban J connectivity index is 2.55. The van der Waals surface area contributed by atoms with Gasteiger partial charge in [0.1, 0.15) is 5.78 Å². The predicted molar refractivity (Wildman–Crippen MR) is 59.3 cm³/mol. The number of rotatable bonds is 2. The van der Waals surface area contributed by atoms with E-state index < -0.39 is 0 Å². The molecule has 3 nitrogen and oxygen atoms in total. The van der Waals surface area contributed by atoms with Crippen LogP contribution in [0.25, 0.3) is 5.52 Å². The lowest BCUT2D eigenvalue weighted by Gasteiger charge is -2.00. The first-order chi connectivity index (χ1) is 7.08. The molecule has 2 aromatic heterocycles. The fourth-order valence-electron chi connectivity index (χ4n) is 1.63. The molecule has 78 valence electrons. The minimum atomic E-state index is 0.155. The van der Waals surface area contributed by atoms with Gasteiger partial charge < -0.3 is 0 Å². The first-order valence-corrected chi connectivity index (χ1v) is 5.08. The highest BCUT2D eigenvalue weighted by Crippen LogP contribution is 2.17. The molecule has 0 saturated carbocycles. The van der Waals surface area contributed by atoms with Crippen LogP contribution in [0.1, 0.15) is 18.2 Å². The zero-order valence-electron chi connectivity index (χ0n) is 8.62. The summed E-state index contributed by atoms with van der Waals surface area (Å²) < 4.78 is 1.81. The summed E-state index contributed by atoms with van der Waals surface area (Å²) in [6, 6.07) is 3.84. The number of fused-ring (bicyclic) bond motifs is 1. The van der Waals surface area contributed by atoms with E-state index in [9.17, 15) is 4.79 Å². The van der Waals surface area contributed by atoms with Gasteiger partial charge in [-0.1, -0.05) is 0 Å². The van der Waals surface area contributed by atoms with E-state index >= 15 is 0 Å². The fraction of sp³-hybridized carbons (Fsp3) is 0.273. The number of imidazole rings is 1. The average Bonchev–Trinajstić information content (AvgIpc) is 2.41. The SMILES string of the molecule is CC(=O)Cc1ccn2c(Cl)nc(C)c2c1. The van der Waals surface area contributed by atoms with Crippen molar-refractivity contribution >= 4 is 22.9 Å². The molecule has 0 bridgehead atoms. The van der Waals surface area contributed by atoms with Gasteiger partial charge in [0.2, 0.25) is 5.28 Å². The Bertz CT molecular complexity index is 531. The van der Waals surface area contributed by atoms with Crippen LogP contribution in [0.15, 0.2) is 18.3 Å². The number of carbonyl (C=O) groups is 1. The predicted octanol–water partition coefficient (Wildman–Crippen LogP) is 2.43. The lowest BCUT2D eigenvalue weighted by molar-refractivity contribution is -0.116. The van der Waals surface area contributed by atoms with Gasteiger partial charge in [-0.05, 0) is 43.1 Å². The van der Waals surface area contributed by atoms with E-state index in [1.54, 1.807) is 11.3 Å². The van der Waals surface area contributed by atoms with Crippen LogP contribution in [0, 0.1) is 6.92 Å². The van der Waals surface area contributed by atoms with Crippen LogP contribution in [-0.4, -0.2) is 15.2 Å². The number of aromatic nitrogens is 2. The van der Waals surface area contributed by atoms with Crippen LogP contribution < -0.4 is 0 Å². The summed E-state index contributed by atoms with van der Waals surface area (Å²) in [5, 5.41) is 0.455. The Morgan fingerprint density at radius 3 is 3.00 bits per heavy atom. The summed E-state index contributed by atoms with van der Waals surface area (Å²) in [6.07, 6.45) is 2.30. The molecule has 0 spiro atoms. The van der Waals surface area contributed by atoms with Crippen molar-refractivity contribution in [3.8, 4) is 0 Å². The number of nitrogens with zero attached hydrogens (tertiary/aromatic N) is 2. The summed E-state index contributed by atoms with van der Waals surface area (Å²) >= 11 is 5.92. The molecular formula is C11H11ClN2O. The standard InChI is InChI=1S/C11H11ClN2O/c1-7(15)5-9-3-4-14-10(6-9)8(2)13-11(14)12/h3-4,6H,5H2,1-2H3. The van der Waals surface area contributed by atoms with Crippen LogP contribution in [0.2, 0.25) is 5.28 Å². The number of hydrogen-bond donors (Lipinski definition) is 0. The molecule has 0 aliphatic carbocycles. The van der Waals surface area contributed by atoms with Crippen LogP contribution in [0.4, 0.5) is 0 Å². The van der Waals surface area contributed by atoms with Crippen molar-refractivity contribution in [2.75, 3.05) is 0 Å². The zero-order valence-corrected chi connectivity index (χ0v) is 9.38. The minimum Gasteiger partial charge on any atom is -0.300 e. The van der Waals surface area contributed by atoms with Crippen molar-refractivity contribution in [2.45, 2.75) is 20.3 Å². The van der Waals surface area contributed by atoms with Gasteiger partial charge in [-0.3, -0.25) is 9.20 Å². The second kappa shape index (κ2) is 3.66. The Hall–Kier alpha value is -1.35. The summed E-state index contributed by atoms with van der Waals surface area (Å²) in [6.45, 7) is 3.49. The van der Waals surface area contributed by atoms with Crippen molar-refractivity contribution < 1.29 is 4.79 Å². The fourth-order valence-corrected chi connectivity index (χ4v) is 1.90. The molecule has 0 aliphatic heterocycles. The van der Waals surface area contributed by atoms with Gasteiger partial charge in [-0.2, -0.15) is 0 Å². The monoisotopic (exact) mass is 222 g/mol. The third-order valence-corrected chi connectivity index (χ3v) is 2.57. The number of halogens is 1. The topological polar surface area (TPSA) is 34.4 Å². The van der Waals surface area contributed by atoms with Crippen LogP contribution in [0.5, 0.6) is 0 Å². The van der Waals surface area contributed by atoms with Gasteiger partial charge in [-0.15, -0.1) is 0 Å². The third-order valence-electron chi connectivity index (χ3n) is 2.30. The summed E-state index contributed by atoms with van der Waals surface area (Å²) in [5.41, 5.74) is 2.83. The van der Waals surface area contributed by atoms with Gasteiger partial charge in [0.15, 0.2) is 0 Å². The van der Waals surface area contributed by atoms with Gasteiger partial charge in [-0.25, -0.2) is 4.98 Å². The maximum atomic E-state index is 11.0. The second-order valence-corrected chi connectivity index (χ2v) is 3.97. The van der Waals surface area contributed by atoms with Crippen molar-refractivity contribution in [2.24, 2.45) is 0 Å². The number of Topliss-reactive ketones (excluding diaryl/α,β-unsaturated/α-hetero) is 1. The third kappa shape index (κ3) is 1.88. The van der Waals surface area contributed by atoms with Gasteiger partial charge in [0, 0.05) is 12.6 Å². The molecule has 4 heteroatoms. The lowest BCUT2D eigenvalue weighted by Crippen LogP contribution is -1.97.